The molecule has 0 spiro atoms. The lowest BCUT2D eigenvalue weighted by molar-refractivity contribution is -0.0958. The van der Waals surface area contributed by atoms with Gasteiger partial charge >= 0.3 is 0 Å². The fraction of sp³-hybridized carbons (Fsp3) is 1.00. The molecule has 0 saturated heterocycles. The highest BCUT2D eigenvalue weighted by Crippen LogP contribution is 2.34. The van der Waals surface area contributed by atoms with Gasteiger partial charge in [0.2, 0.25) is 0 Å². The van der Waals surface area contributed by atoms with Gasteiger partial charge in [0.25, 0.3) is 0 Å². The van der Waals surface area contributed by atoms with Gasteiger partial charge in [-0.05, 0) is 25.7 Å². The third-order valence-corrected chi connectivity index (χ3v) is 4.65. The highest BCUT2D eigenvalue weighted by Gasteiger charge is 2.32. The predicted molar refractivity (Wildman–Crippen MR) is 69.6 cm³/mol. The molecular weight excluding hydrogens is 252 g/mol. The molecule has 0 aliphatic heterocycles. The monoisotopic (exact) mass is 276 g/mol. The quantitative estimate of drug-likeness (QED) is 0.541. The van der Waals surface area contributed by atoms with E-state index in [9.17, 15) is 0 Å². The SMILES string of the molecule is CC(C)C(C)OC1(CBr)CCCCCC1. The maximum atomic E-state index is 6.32. The van der Waals surface area contributed by atoms with Gasteiger partial charge in [-0.2, -0.15) is 0 Å². The molecule has 0 bridgehead atoms. The Morgan fingerprint density at radius 2 is 1.60 bits per heavy atom. The summed E-state index contributed by atoms with van der Waals surface area (Å²) in [7, 11) is 0. The van der Waals surface area contributed by atoms with Crippen molar-refractivity contribution in [3.8, 4) is 0 Å². The van der Waals surface area contributed by atoms with Crippen LogP contribution in [0.2, 0.25) is 0 Å². The predicted octanol–water partition coefficient (Wildman–Crippen LogP) is 4.54. The van der Waals surface area contributed by atoms with Crippen LogP contribution in [0.5, 0.6) is 0 Å². The molecule has 1 saturated carbocycles. The molecule has 0 heterocycles. The molecule has 0 amide bonds. The van der Waals surface area contributed by atoms with E-state index in [1.54, 1.807) is 0 Å². The van der Waals surface area contributed by atoms with Crippen molar-refractivity contribution in [3.63, 3.8) is 0 Å². The summed E-state index contributed by atoms with van der Waals surface area (Å²) in [5.41, 5.74) is 0.125. The van der Waals surface area contributed by atoms with Gasteiger partial charge in [-0.15, -0.1) is 0 Å². The van der Waals surface area contributed by atoms with Crippen molar-refractivity contribution in [2.24, 2.45) is 5.92 Å². The molecule has 90 valence electrons. The first-order valence-electron chi connectivity index (χ1n) is 6.33. The Balaban J connectivity index is 2.57. The first kappa shape index (κ1) is 13.5. The fourth-order valence-electron chi connectivity index (χ4n) is 2.19. The van der Waals surface area contributed by atoms with Crippen LogP contribution in [0.25, 0.3) is 0 Å². The van der Waals surface area contributed by atoms with Crippen LogP contribution in [-0.2, 0) is 4.74 Å². The third kappa shape index (κ3) is 4.07. The average molecular weight is 277 g/mol. The molecule has 1 aliphatic rings. The van der Waals surface area contributed by atoms with E-state index in [-0.39, 0.29) is 5.60 Å². The lowest BCUT2D eigenvalue weighted by Crippen LogP contribution is -2.38. The van der Waals surface area contributed by atoms with Crippen LogP contribution in [0.15, 0.2) is 0 Å². The van der Waals surface area contributed by atoms with E-state index in [0.29, 0.717) is 12.0 Å². The summed E-state index contributed by atoms with van der Waals surface area (Å²) in [4.78, 5) is 0. The first-order chi connectivity index (χ1) is 7.09. The van der Waals surface area contributed by atoms with Crippen molar-refractivity contribution in [2.45, 2.75) is 71.0 Å². The summed E-state index contributed by atoms with van der Waals surface area (Å²) in [6, 6.07) is 0. The second-order valence-electron chi connectivity index (χ2n) is 5.30. The summed E-state index contributed by atoms with van der Waals surface area (Å²) in [6.07, 6.45) is 8.26. The molecule has 0 aromatic carbocycles. The molecule has 0 radical (unpaired) electrons. The summed E-state index contributed by atoms with van der Waals surface area (Å²) in [5, 5.41) is 0.997. The topological polar surface area (TPSA) is 9.23 Å². The Morgan fingerprint density at radius 3 is 2.00 bits per heavy atom. The van der Waals surface area contributed by atoms with Crippen molar-refractivity contribution in [3.05, 3.63) is 0 Å². The number of ether oxygens (including phenoxy) is 1. The van der Waals surface area contributed by atoms with Crippen LogP contribution in [0.1, 0.15) is 59.3 Å². The van der Waals surface area contributed by atoms with E-state index in [4.69, 9.17) is 4.74 Å². The van der Waals surface area contributed by atoms with Crippen LogP contribution >= 0.6 is 15.9 Å². The van der Waals surface area contributed by atoms with Crippen molar-refractivity contribution < 1.29 is 4.74 Å². The van der Waals surface area contributed by atoms with Crippen molar-refractivity contribution in [1.82, 2.24) is 0 Å². The number of rotatable bonds is 4. The number of halogens is 1. The van der Waals surface area contributed by atoms with Gasteiger partial charge in [-0.25, -0.2) is 0 Å². The highest BCUT2D eigenvalue weighted by atomic mass is 79.9. The number of hydrogen-bond donors (Lipinski definition) is 0. The lowest BCUT2D eigenvalue weighted by atomic mass is 9.95. The largest absolute Gasteiger partial charge is 0.371 e. The van der Waals surface area contributed by atoms with E-state index in [2.05, 4.69) is 36.7 Å². The standard InChI is InChI=1S/C13H25BrO/c1-11(2)12(3)15-13(10-14)8-6-4-5-7-9-13/h11-12H,4-10H2,1-3H3. The van der Waals surface area contributed by atoms with Crippen LogP contribution < -0.4 is 0 Å². The third-order valence-electron chi connectivity index (χ3n) is 3.63. The van der Waals surface area contributed by atoms with E-state index >= 15 is 0 Å². The molecule has 2 heteroatoms. The van der Waals surface area contributed by atoms with E-state index in [0.717, 1.165) is 5.33 Å². The van der Waals surface area contributed by atoms with Gasteiger partial charge in [0.1, 0.15) is 0 Å². The molecule has 15 heavy (non-hydrogen) atoms. The van der Waals surface area contributed by atoms with Crippen molar-refractivity contribution in [1.29, 1.82) is 0 Å². The Hall–Kier alpha value is 0.440. The first-order valence-corrected chi connectivity index (χ1v) is 7.45. The van der Waals surface area contributed by atoms with Gasteiger partial charge in [-0.3, -0.25) is 0 Å². The van der Waals surface area contributed by atoms with Crippen LogP contribution in [-0.4, -0.2) is 17.0 Å². The summed E-state index contributed by atoms with van der Waals surface area (Å²) >= 11 is 3.66. The minimum atomic E-state index is 0.125. The zero-order valence-electron chi connectivity index (χ0n) is 10.4. The molecule has 1 aliphatic carbocycles. The molecule has 1 atom stereocenters. The Labute approximate surface area is 103 Å². The van der Waals surface area contributed by atoms with Gasteiger partial charge in [0.15, 0.2) is 0 Å². The fourth-order valence-corrected chi connectivity index (χ4v) is 2.88. The second kappa shape index (κ2) is 6.24. The molecule has 0 aromatic heterocycles. The Bertz CT molecular complexity index is 171. The molecule has 0 N–H and O–H groups in total. The van der Waals surface area contributed by atoms with E-state index in [1.165, 1.54) is 38.5 Å². The molecule has 1 nitrogen and oxygen atoms in total. The van der Waals surface area contributed by atoms with Crippen LogP contribution in [0.3, 0.4) is 0 Å². The molecule has 1 rings (SSSR count). The average Bonchev–Trinajstić information content (AvgIpc) is 2.44. The molecule has 0 aromatic rings. The number of hydrogen-bond acceptors (Lipinski definition) is 1. The van der Waals surface area contributed by atoms with Gasteiger partial charge in [-0.1, -0.05) is 55.5 Å². The smallest absolute Gasteiger partial charge is 0.0782 e. The summed E-state index contributed by atoms with van der Waals surface area (Å²) in [6.45, 7) is 6.69. The molecular formula is C13H25BrO. The molecule has 1 fully saturated rings. The molecule has 1 unspecified atom stereocenters. The van der Waals surface area contributed by atoms with E-state index < -0.39 is 0 Å². The highest BCUT2D eigenvalue weighted by molar-refractivity contribution is 9.09. The summed E-state index contributed by atoms with van der Waals surface area (Å²) < 4.78 is 6.32. The van der Waals surface area contributed by atoms with Gasteiger partial charge < -0.3 is 4.74 Å². The van der Waals surface area contributed by atoms with Crippen LogP contribution in [0, 0.1) is 5.92 Å². The van der Waals surface area contributed by atoms with Crippen molar-refractivity contribution >= 4 is 15.9 Å². The minimum Gasteiger partial charge on any atom is -0.371 e. The lowest BCUT2D eigenvalue weighted by Gasteiger charge is -2.35. The van der Waals surface area contributed by atoms with Crippen molar-refractivity contribution in [2.75, 3.05) is 5.33 Å². The maximum absolute atomic E-state index is 6.32. The van der Waals surface area contributed by atoms with Gasteiger partial charge in [0, 0.05) is 5.33 Å². The normalized spacial score (nSPS) is 23.8. The number of alkyl halides is 1. The van der Waals surface area contributed by atoms with E-state index in [1.807, 2.05) is 0 Å². The maximum Gasteiger partial charge on any atom is 0.0782 e. The van der Waals surface area contributed by atoms with Crippen LogP contribution in [0.4, 0.5) is 0 Å². The minimum absolute atomic E-state index is 0.125. The van der Waals surface area contributed by atoms with Gasteiger partial charge in [0.05, 0.1) is 11.7 Å². The summed E-state index contributed by atoms with van der Waals surface area (Å²) in [5.74, 6) is 0.615. The zero-order chi connectivity index (χ0) is 11.3. The Kier molecular flexibility index (Phi) is 5.62. The zero-order valence-corrected chi connectivity index (χ0v) is 12.0. The Morgan fingerprint density at radius 1 is 1.07 bits per heavy atom. The second-order valence-corrected chi connectivity index (χ2v) is 5.86.